The number of rotatable bonds is 7. The molecule has 6 heteroatoms. The van der Waals surface area contributed by atoms with Gasteiger partial charge in [-0.3, -0.25) is 9.89 Å². The van der Waals surface area contributed by atoms with Crippen molar-refractivity contribution in [1.82, 2.24) is 15.5 Å². The van der Waals surface area contributed by atoms with Crippen molar-refractivity contribution in [1.29, 1.82) is 0 Å². The molecule has 0 spiro atoms. The molecule has 0 unspecified atom stereocenters. The number of nitrogens with one attached hydrogen (secondary N) is 2. The van der Waals surface area contributed by atoms with Gasteiger partial charge in [0.05, 0.1) is 13.2 Å². The van der Waals surface area contributed by atoms with Gasteiger partial charge in [0.25, 0.3) is 0 Å². The SMILES string of the molecule is CCC1(CNC(=NC)NCc2ccc(CN3CCOCC3)cc2)CCC1.I. The quantitative estimate of drug-likeness (QED) is 0.353. The molecule has 0 radical (unpaired) electrons. The Balaban J connectivity index is 0.00000261. The molecular formula is C21H35IN4O. The van der Waals surface area contributed by atoms with Gasteiger partial charge < -0.3 is 15.4 Å². The van der Waals surface area contributed by atoms with Gasteiger partial charge in [-0.1, -0.05) is 37.6 Å². The molecule has 1 aromatic carbocycles. The average Bonchev–Trinajstić information content (AvgIpc) is 2.65. The zero-order valence-corrected chi connectivity index (χ0v) is 19.1. The van der Waals surface area contributed by atoms with Crippen LogP contribution in [0.4, 0.5) is 0 Å². The summed E-state index contributed by atoms with van der Waals surface area (Å²) in [4.78, 5) is 6.82. The van der Waals surface area contributed by atoms with E-state index in [9.17, 15) is 0 Å². The maximum Gasteiger partial charge on any atom is 0.191 e. The zero-order valence-electron chi connectivity index (χ0n) is 16.8. The lowest BCUT2D eigenvalue weighted by Gasteiger charge is -2.41. The molecule has 2 aliphatic rings. The largest absolute Gasteiger partial charge is 0.379 e. The smallest absolute Gasteiger partial charge is 0.191 e. The Morgan fingerprint density at radius 2 is 1.78 bits per heavy atom. The van der Waals surface area contributed by atoms with E-state index in [2.05, 4.69) is 51.7 Å². The number of guanidine groups is 1. The molecule has 1 heterocycles. The van der Waals surface area contributed by atoms with Gasteiger partial charge in [0.2, 0.25) is 0 Å². The minimum atomic E-state index is 0. The van der Waals surface area contributed by atoms with E-state index in [4.69, 9.17) is 4.74 Å². The normalized spacial score (nSPS) is 19.7. The Hall–Kier alpha value is -0.860. The van der Waals surface area contributed by atoms with Crippen molar-refractivity contribution in [3.8, 4) is 0 Å². The molecule has 152 valence electrons. The molecule has 27 heavy (non-hydrogen) atoms. The molecule has 0 aromatic heterocycles. The summed E-state index contributed by atoms with van der Waals surface area (Å²) in [5.41, 5.74) is 3.15. The number of halogens is 1. The lowest BCUT2D eigenvalue weighted by Crippen LogP contribution is -2.46. The van der Waals surface area contributed by atoms with Crippen LogP contribution < -0.4 is 10.6 Å². The third-order valence-electron chi connectivity index (χ3n) is 6.01. The highest BCUT2D eigenvalue weighted by Crippen LogP contribution is 2.42. The van der Waals surface area contributed by atoms with Crippen LogP contribution in [0, 0.1) is 5.41 Å². The van der Waals surface area contributed by atoms with E-state index in [-0.39, 0.29) is 24.0 Å². The summed E-state index contributed by atoms with van der Waals surface area (Å²) in [6.45, 7) is 8.92. The van der Waals surface area contributed by atoms with Gasteiger partial charge in [0.15, 0.2) is 5.96 Å². The standard InChI is InChI=1S/C21H34N4O.HI/c1-3-21(9-4-10-21)17-24-20(22-2)23-15-18-5-7-19(8-6-18)16-25-11-13-26-14-12-25;/h5-8H,3-4,9-17H2,1-2H3,(H2,22,23,24);1H. The van der Waals surface area contributed by atoms with Crippen LogP contribution in [-0.2, 0) is 17.8 Å². The van der Waals surface area contributed by atoms with Crippen molar-refractivity contribution in [2.75, 3.05) is 39.9 Å². The second-order valence-corrected chi connectivity index (χ2v) is 7.69. The highest BCUT2D eigenvalue weighted by Gasteiger charge is 2.34. The van der Waals surface area contributed by atoms with Crippen molar-refractivity contribution in [2.24, 2.45) is 10.4 Å². The van der Waals surface area contributed by atoms with Crippen LogP contribution in [0.5, 0.6) is 0 Å². The Kier molecular flexibility index (Phi) is 9.32. The number of nitrogens with zero attached hydrogens (tertiary/aromatic N) is 2. The monoisotopic (exact) mass is 486 g/mol. The molecule has 5 nitrogen and oxygen atoms in total. The average molecular weight is 486 g/mol. The fraction of sp³-hybridized carbons (Fsp3) is 0.667. The second kappa shape index (κ2) is 11.2. The lowest BCUT2D eigenvalue weighted by atomic mass is 9.67. The van der Waals surface area contributed by atoms with Crippen LogP contribution in [0.2, 0.25) is 0 Å². The molecule has 3 rings (SSSR count). The Bertz CT molecular complexity index is 575. The molecule has 1 aromatic rings. The predicted octanol–water partition coefficient (Wildman–Crippen LogP) is 3.38. The molecule has 1 saturated heterocycles. The number of ether oxygens (including phenoxy) is 1. The summed E-state index contributed by atoms with van der Waals surface area (Å²) in [7, 11) is 1.85. The van der Waals surface area contributed by atoms with Crippen molar-refractivity contribution in [2.45, 2.75) is 45.7 Å². The third-order valence-corrected chi connectivity index (χ3v) is 6.01. The van der Waals surface area contributed by atoms with Crippen LogP contribution in [0.25, 0.3) is 0 Å². The topological polar surface area (TPSA) is 48.9 Å². The van der Waals surface area contributed by atoms with Crippen molar-refractivity contribution in [3.63, 3.8) is 0 Å². The molecule has 0 amide bonds. The Morgan fingerprint density at radius 3 is 2.33 bits per heavy atom. The highest BCUT2D eigenvalue weighted by atomic mass is 127. The fourth-order valence-electron chi connectivity index (χ4n) is 3.79. The van der Waals surface area contributed by atoms with Crippen LogP contribution in [-0.4, -0.2) is 50.8 Å². The minimum Gasteiger partial charge on any atom is -0.379 e. The molecule has 1 saturated carbocycles. The van der Waals surface area contributed by atoms with E-state index in [1.54, 1.807) is 0 Å². The number of aliphatic imine (C=N–C) groups is 1. The Labute approximate surface area is 181 Å². The van der Waals surface area contributed by atoms with Gasteiger partial charge >= 0.3 is 0 Å². The number of hydrogen-bond donors (Lipinski definition) is 2. The fourth-order valence-corrected chi connectivity index (χ4v) is 3.79. The molecule has 2 fully saturated rings. The molecule has 1 aliphatic carbocycles. The highest BCUT2D eigenvalue weighted by molar-refractivity contribution is 14.0. The maximum atomic E-state index is 5.41. The van der Waals surface area contributed by atoms with Gasteiger partial charge in [-0.05, 0) is 35.8 Å². The van der Waals surface area contributed by atoms with Crippen molar-refractivity contribution < 1.29 is 4.74 Å². The first-order valence-electron chi connectivity index (χ1n) is 10.1. The van der Waals surface area contributed by atoms with Crippen molar-refractivity contribution >= 4 is 29.9 Å². The van der Waals surface area contributed by atoms with E-state index in [1.165, 1.54) is 36.8 Å². The molecule has 0 bridgehead atoms. The van der Waals surface area contributed by atoms with Gasteiger partial charge in [-0.25, -0.2) is 0 Å². The summed E-state index contributed by atoms with van der Waals surface area (Å²) in [5.74, 6) is 0.905. The zero-order chi connectivity index (χ0) is 18.2. The summed E-state index contributed by atoms with van der Waals surface area (Å²) in [6, 6.07) is 8.91. The summed E-state index contributed by atoms with van der Waals surface area (Å²) in [6.07, 6.45) is 5.32. The van der Waals surface area contributed by atoms with E-state index >= 15 is 0 Å². The number of hydrogen-bond acceptors (Lipinski definition) is 3. The first kappa shape index (κ1) is 22.4. The lowest BCUT2D eigenvalue weighted by molar-refractivity contribution is 0.0342. The van der Waals surface area contributed by atoms with E-state index < -0.39 is 0 Å². The van der Waals surface area contributed by atoms with E-state index in [0.29, 0.717) is 5.41 Å². The van der Waals surface area contributed by atoms with Gasteiger partial charge in [0.1, 0.15) is 0 Å². The summed E-state index contributed by atoms with van der Waals surface area (Å²) >= 11 is 0. The third kappa shape index (κ3) is 6.61. The van der Waals surface area contributed by atoms with Crippen LogP contribution in [0.1, 0.15) is 43.7 Å². The summed E-state index contributed by atoms with van der Waals surface area (Å²) in [5, 5.41) is 6.96. The van der Waals surface area contributed by atoms with Crippen LogP contribution >= 0.6 is 24.0 Å². The van der Waals surface area contributed by atoms with Gasteiger partial charge in [0, 0.05) is 39.8 Å². The first-order chi connectivity index (χ1) is 12.7. The molecule has 2 N–H and O–H groups in total. The van der Waals surface area contributed by atoms with E-state index in [0.717, 1.165) is 51.9 Å². The summed E-state index contributed by atoms with van der Waals surface area (Å²) < 4.78 is 5.41. The maximum absolute atomic E-state index is 5.41. The second-order valence-electron chi connectivity index (χ2n) is 7.69. The molecule has 0 atom stereocenters. The van der Waals surface area contributed by atoms with Crippen molar-refractivity contribution in [3.05, 3.63) is 35.4 Å². The van der Waals surface area contributed by atoms with Crippen LogP contribution in [0.3, 0.4) is 0 Å². The minimum absolute atomic E-state index is 0. The van der Waals surface area contributed by atoms with E-state index in [1.807, 2.05) is 7.05 Å². The molecule has 1 aliphatic heterocycles. The van der Waals surface area contributed by atoms with Crippen LogP contribution in [0.15, 0.2) is 29.3 Å². The number of morpholine rings is 1. The van der Waals surface area contributed by atoms with Gasteiger partial charge in [-0.2, -0.15) is 0 Å². The Morgan fingerprint density at radius 1 is 1.11 bits per heavy atom. The van der Waals surface area contributed by atoms with Gasteiger partial charge in [-0.15, -0.1) is 24.0 Å². The molecular weight excluding hydrogens is 451 g/mol. The predicted molar refractivity (Wildman–Crippen MR) is 123 cm³/mol. The number of benzene rings is 1. The first-order valence-corrected chi connectivity index (χ1v) is 10.1.